The van der Waals surface area contributed by atoms with Crippen molar-refractivity contribution in [3.05, 3.63) is 107 Å². The lowest BCUT2D eigenvalue weighted by Gasteiger charge is -2.23. The zero-order valence-corrected chi connectivity index (χ0v) is 16.9. The van der Waals surface area contributed by atoms with Crippen LogP contribution in [0, 0.1) is 13.8 Å². The fourth-order valence-electron chi connectivity index (χ4n) is 2.84. The molecule has 0 bridgehead atoms. The Kier molecular flexibility index (Phi) is 7.56. The number of nitrogens with zero attached hydrogens (tertiary/aromatic N) is 1. The molecule has 2 N–H and O–H groups in total. The van der Waals surface area contributed by atoms with Crippen molar-refractivity contribution in [1.82, 2.24) is 0 Å². The SMILES string of the molecule is Cc1ccc(N(C=Cc2ccccc2)C(=O)C(N)c2ccccc2)cc1C.Cl. The van der Waals surface area contributed by atoms with E-state index in [1.807, 2.05) is 91.9 Å². The van der Waals surface area contributed by atoms with Crippen molar-refractivity contribution in [2.24, 2.45) is 5.73 Å². The van der Waals surface area contributed by atoms with Crippen molar-refractivity contribution in [1.29, 1.82) is 0 Å². The largest absolute Gasteiger partial charge is 0.316 e. The molecule has 0 aliphatic heterocycles. The maximum Gasteiger partial charge on any atom is 0.252 e. The van der Waals surface area contributed by atoms with E-state index in [4.69, 9.17) is 5.73 Å². The minimum absolute atomic E-state index is 0. The monoisotopic (exact) mass is 392 g/mol. The molecule has 4 heteroatoms. The third-order valence-corrected chi connectivity index (χ3v) is 4.65. The van der Waals surface area contributed by atoms with Gasteiger partial charge in [-0.25, -0.2) is 0 Å². The Morgan fingerprint density at radius 3 is 2.11 bits per heavy atom. The molecule has 0 saturated heterocycles. The number of amides is 1. The van der Waals surface area contributed by atoms with Crippen LogP contribution < -0.4 is 10.6 Å². The normalized spacial score (nSPS) is 11.7. The van der Waals surface area contributed by atoms with Gasteiger partial charge in [0.05, 0.1) is 0 Å². The van der Waals surface area contributed by atoms with Crippen LogP contribution in [0.15, 0.2) is 85.1 Å². The third-order valence-electron chi connectivity index (χ3n) is 4.65. The summed E-state index contributed by atoms with van der Waals surface area (Å²) in [4.78, 5) is 14.8. The lowest BCUT2D eigenvalue weighted by molar-refractivity contribution is -0.119. The van der Waals surface area contributed by atoms with E-state index >= 15 is 0 Å². The molecule has 0 aliphatic rings. The van der Waals surface area contributed by atoms with Gasteiger partial charge in [0.2, 0.25) is 0 Å². The Morgan fingerprint density at radius 1 is 0.893 bits per heavy atom. The van der Waals surface area contributed by atoms with Crippen LogP contribution in [0.2, 0.25) is 0 Å². The van der Waals surface area contributed by atoms with Gasteiger partial charge in [0.25, 0.3) is 5.91 Å². The zero-order valence-electron chi connectivity index (χ0n) is 16.1. The first-order chi connectivity index (χ1) is 13.1. The molecule has 1 amide bonds. The summed E-state index contributed by atoms with van der Waals surface area (Å²) in [5.41, 5.74) is 11.2. The van der Waals surface area contributed by atoms with Crippen LogP contribution in [-0.4, -0.2) is 5.91 Å². The number of nitrogens with two attached hydrogens (primary N) is 1. The van der Waals surface area contributed by atoms with Gasteiger partial charge in [0.1, 0.15) is 6.04 Å². The lowest BCUT2D eigenvalue weighted by Crippen LogP contribution is -2.35. The van der Waals surface area contributed by atoms with Crippen LogP contribution >= 0.6 is 12.4 Å². The van der Waals surface area contributed by atoms with Gasteiger partial charge in [-0.3, -0.25) is 9.69 Å². The van der Waals surface area contributed by atoms with Crippen LogP contribution in [0.25, 0.3) is 6.08 Å². The Balaban J connectivity index is 0.00000280. The molecule has 0 radical (unpaired) electrons. The van der Waals surface area contributed by atoms with Crippen molar-refractivity contribution in [2.75, 3.05) is 4.90 Å². The Morgan fingerprint density at radius 2 is 1.50 bits per heavy atom. The van der Waals surface area contributed by atoms with Crippen LogP contribution in [-0.2, 0) is 4.79 Å². The predicted octanol–water partition coefficient (Wildman–Crippen LogP) is 5.43. The van der Waals surface area contributed by atoms with Gasteiger partial charge < -0.3 is 5.73 Å². The molecule has 3 aromatic rings. The van der Waals surface area contributed by atoms with E-state index < -0.39 is 6.04 Å². The van der Waals surface area contributed by atoms with Crippen LogP contribution in [0.5, 0.6) is 0 Å². The number of carbonyl (C=O) groups excluding carboxylic acids is 1. The summed E-state index contributed by atoms with van der Waals surface area (Å²) in [6, 6.07) is 24.6. The van der Waals surface area contributed by atoms with Gasteiger partial charge in [-0.05, 0) is 54.3 Å². The molecule has 3 aromatic carbocycles. The van der Waals surface area contributed by atoms with E-state index in [2.05, 4.69) is 6.92 Å². The minimum atomic E-state index is -0.728. The second kappa shape index (κ2) is 9.88. The second-order valence-electron chi connectivity index (χ2n) is 6.59. The number of hydrogen-bond donors (Lipinski definition) is 1. The first kappa shape index (κ1) is 21.4. The van der Waals surface area contributed by atoms with Gasteiger partial charge in [-0.15, -0.1) is 12.4 Å². The summed E-state index contributed by atoms with van der Waals surface area (Å²) >= 11 is 0. The number of carbonyl (C=O) groups is 1. The number of benzene rings is 3. The van der Waals surface area contributed by atoms with E-state index in [1.165, 1.54) is 5.56 Å². The summed E-state index contributed by atoms with van der Waals surface area (Å²) in [5, 5.41) is 0. The summed E-state index contributed by atoms with van der Waals surface area (Å²) in [6.07, 6.45) is 3.72. The summed E-state index contributed by atoms with van der Waals surface area (Å²) in [5.74, 6) is -0.170. The average Bonchev–Trinajstić information content (AvgIpc) is 2.71. The molecule has 1 unspecified atom stereocenters. The average molecular weight is 393 g/mol. The van der Waals surface area contributed by atoms with E-state index in [0.29, 0.717) is 0 Å². The molecule has 0 heterocycles. The molecule has 3 nitrogen and oxygen atoms in total. The van der Waals surface area contributed by atoms with Crippen molar-refractivity contribution in [2.45, 2.75) is 19.9 Å². The van der Waals surface area contributed by atoms with Crippen molar-refractivity contribution in [3.63, 3.8) is 0 Å². The van der Waals surface area contributed by atoms with E-state index in [0.717, 1.165) is 22.4 Å². The Hall–Kier alpha value is -2.88. The van der Waals surface area contributed by atoms with E-state index in [-0.39, 0.29) is 18.3 Å². The first-order valence-electron chi connectivity index (χ1n) is 9.00. The standard InChI is InChI=1S/C24H24N2O.ClH/c1-18-13-14-22(17-19(18)2)26(16-15-20-9-5-3-6-10-20)24(27)23(25)21-11-7-4-8-12-21;/h3-17,23H,25H2,1-2H3;1H. The molecule has 28 heavy (non-hydrogen) atoms. The van der Waals surface area contributed by atoms with Crippen molar-refractivity contribution >= 4 is 30.1 Å². The molecular formula is C24H25ClN2O. The summed E-state index contributed by atoms with van der Waals surface area (Å²) < 4.78 is 0. The highest BCUT2D eigenvalue weighted by Gasteiger charge is 2.22. The topological polar surface area (TPSA) is 46.3 Å². The van der Waals surface area contributed by atoms with Crippen molar-refractivity contribution in [3.8, 4) is 0 Å². The van der Waals surface area contributed by atoms with E-state index in [1.54, 1.807) is 11.1 Å². The van der Waals surface area contributed by atoms with Gasteiger partial charge >= 0.3 is 0 Å². The number of rotatable bonds is 5. The fraction of sp³-hybridized carbons (Fsp3) is 0.125. The number of hydrogen-bond acceptors (Lipinski definition) is 2. The molecule has 0 aromatic heterocycles. The third kappa shape index (κ3) is 5.10. The first-order valence-corrected chi connectivity index (χ1v) is 9.00. The fourth-order valence-corrected chi connectivity index (χ4v) is 2.84. The van der Waals surface area contributed by atoms with E-state index in [9.17, 15) is 4.79 Å². The quantitative estimate of drug-likeness (QED) is 0.629. The van der Waals surface area contributed by atoms with Gasteiger partial charge in [0, 0.05) is 11.9 Å². The van der Waals surface area contributed by atoms with Crippen LogP contribution in [0.1, 0.15) is 28.3 Å². The molecule has 0 fully saturated rings. The maximum atomic E-state index is 13.2. The predicted molar refractivity (Wildman–Crippen MR) is 119 cm³/mol. The minimum Gasteiger partial charge on any atom is -0.316 e. The number of aryl methyl sites for hydroxylation is 2. The van der Waals surface area contributed by atoms with Gasteiger partial charge in [-0.1, -0.05) is 66.7 Å². The Labute approximate surface area is 172 Å². The highest BCUT2D eigenvalue weighted by molar-refractivity contribution is 6.00. The zero-order chi connectivity index (χ0) is 19.2. The number of halogens is 1. The maximum absolute atomic E-state index is 13.2. The molecule has 0 aliphatic carbocycles. The second-order valence-corrected chi connectivity index (χ2v) is 6.59. The van der Waals surface area contributed by atoms with Gasteiger partial charge in [-0.2, -0.15) is 0 Å². The smallest absolute Gasteiger partial charge is 0.252 e. The summed E-state index contributed by atoms with van der Waals surface area (Å²) in [6.45, 7) is 4.10. The highest BCUT2D eigenvalue weighted by Crippen LogP contribution is 2.23. The lowest BCUT2D eigenvalue weighted by atomic mass is 10.1. The molecule has 1 atom stereocenters. The van der Waals surface area contributed by atoms with Crippen LogP contribution in [0.3, 0.4) is 0 Å². The number of anilines is 1. The molecule has 144 valence electrons. The van der Waals surface area contributed by atoms with Crippen LogP contribution in [0.4, 0.5) is 5.69 Å². The molecule has 0 spiro atoms. The molecule has 3 rings (SSSR count). The molecular weight excluding hydrogens is 368 g/mol. The van der Waals surface area contributed by atoms with Crippen molar-refractivity contribution < 1.29 is 4.79 Å². The van der Waals surface area contributed by atoms with Gasteiger partial charge in [0.15, 0.2) is 0 Å². The summed E-state index contributed by atoms with van der Waals surface area (Å²) in [7, 11) is 0. The highest BCUT2D eigenvalue weighted by atomic mass is 35.5. The Bertz CT molecular complexity index is 939. The molecule has 0 saturated carbocycles.